The molecule has 6 rings (SSSR count). The average molecular weight is 618 g/mol. The van der Waals surface area contributed by atoms with Crippen LogP contribution in [0.15, 0.2) is 91.0 Å². The Morgan fingerprint density at radius 1 is 0.553 bits per heavy atom. The lowest BCUT2D eigenvalue weighted by Crippen LogP contribution is -2.32. The summed E-state index contributed by atoms with van der Waals surface area (Å²) >= 11 is 0. The number of hydrogen-bond donors (Lipinski definition) is 0. The first-order valence-electron chi connectivity index (χ1n) is 17.4. The Labute approximate surface area is 284 Å². The van der Waals surface area contributed by atoms with Gasteiger partial charge >= 0.3 is 0 Å². The van der Waals surface area contributed by atoms with Crippen LogP contribution in [0.5, 0.6) is 0 Å². The van der Waals surface area contributed by atoms with E-state index < -0.39 is 0 Å². The summed E-state index contributed by atoms with van der Waals surface area (Å²) in [7, 11) is 0. The summed E-state index contributed by atoms with van der Waals surface area (Å²) in [6.45, 7) is 27.8. The monoisotopic (exact) mass is 617 g/mol. The fourth-order valence-electron chi connectivity index (χ4n) is 7.19. The molecule has 0 nitrogen and oxygen atoms in total. The van der Waals surface area contributed by atoms with Gasteiger partial charge in [0.25, 0.3) is 0 Å². The molecule has 0 aliphatic heterocycles. The van der Waals surface area contributed by atoms with Crippen molar-refractivity contribution >= 4 is 17.2 Å². The predicted octanol–water partition coefficient (Wildman–Crippen LogP) is 11.2. The number of rotatable bonds is 3. The second-order valence-corrected chi connectivity index (χ2v) is 17.8. The topological polar surface area (TPSA) is 0 Å². The molecule has 1 radical (unpaired) electrons. The molecule has 2 aliphatic carbocycles. The highest BCUT2D eigenvalue weighted by Gasteiger charge is 2.29. The van der Waals surface area contributed by atoms with Gasteiger partial charge < -0.3 is 0 Å². The van der Waals surface area contributed by atoms with Crippen molar-refractivity contribution in [2.75, 3.05) is 0 Å². The van der Waals surface area contributed by atoms with Gasteiger partial charge in [0.2, 0.25) is 0 Å². The van der Waals surface area contributed by atoms with Gasteiger partial charge in [-0.25, -0.2) is 0 Å². The first kappa shape index (κ1) is 33.0. The van der Waals surface area contributed by atoms with E-state index in [2.05, 4.69) is 180 Å². The van der Waals surface area contributed by atoms with Crippen LogP contribution in [0.25, 0.3) is 28.3 Å². The maximum atomic E-state index is 3.96. The minimum atomic E-state index is -0.113. The van der Waals surface area contributed by atoms with Gasteiger partial charge in [-0.2, -0.15) is 0 Å². The number of allylic oxidation sites excluding steroid dienone is 4. The smallest absolute Gasteiger partial charge is 0.000731 e. The second kappa shape index (κ2) is 11.4. The third-order valence-corrected chi connectivity index (χ3v) is 9.95. The quantitative estimate of drug-likeness (QED) is 0.189. The standard InChI is InChI=1S/C47H53/c1-44(2,3)34-21-17-31(18-22-34)41(32-19-23-35(24-20-32)45(4,5)6)40-29-38-37-26-25-36(46(7,8)9)27-33(37)28-39(38)42(30-15-13-14-16-30)43(40)47(10,11)12/h13-15,17-27,29H,16H2,1-12H3. The van der Waals surface area contributed by atoms with Crippen LogP contribution in [0.1, 0.15) is 134 Å². The highest BCUT2D eigenvalue weighted by atomic mass is 14.3. The van der Waals surface area contributed by atoms with Gasteiger partial charge in [-0.1, -0.05) is 162 Å². The van der Waals surface area contributed by atoms with Crippen LogP contribution in [0.4, 0.5) is 0 Å². The van der Waals surface area contributed by atoms with E-state index in [-0.39, 0.29) is 21.7 Å². The minimum absolute atomic E-state index is 0.0767. The lowest BCUT2D eigenvalue weighted by molar-refractivity contribution is 0.583. The Balaban J connectivity index is 1.78. The van der Waals surface area contributed by atoms with E-state index in [9.17, 15) is 0 Å². The highest BCUT2D eigenvalue weighted by molar-refractivity contribution is 5.91. The van der Waals surface area contributed by atoms with Crippen LogP contribution in [-0.2, 0) is 21.7 Å². The highest BCUT2D eigenvalue weighted by Crippen LogP contribution is 2.38. The van der Waals surface area contributed by atoms with Crippen LogP contribution >= 0.6 is 0 Å². The molecule has 0 amide bonds. The van der Waals surface area contributed by atoms with Crippen molar-refractivity contribution < 1.29 is 0 Å². The Hall–Kier alpha value is -3.90. The SMILES string of the molecule is CC(C)(C)c1ccc(C(c2ccc(C(C)(C)C)cc2)=c2cc3c(c(C4=CC=CC4)c2C(C)(C)C)=[C]c2cc(C(C)(C)C)ccc2-3)cc1. The largest absolute Gasteiger partial charge is 0.0801 e. The normalized spacial score (nSPS) is 14.5. The Kier molecular flexibility index (Phi) is 7.98. The third kappa shape index (κ3) is 6.25. The van der Waals surface area contributed by atoms with Crippen LogP contribution < -0.4 is 10.4 Å². The van der Waals surface area contributed by atoms with Crippen molar-refractivity contribution in [3.63, 3.8) is 0 Å². The number of hydrogen-bond acceptors (Lipinski definition) is 0. The Bertz CT molecular complexity index is 1970. The molecule has 47 heavy (non-hydrogen) atoms. The van der Waals surface area contributed by atoms with E-state index in [4.69, 9.17) is 0 Å². The maximum Gasteiger partial charge on any atom is -0.000731 e. The van der Waals surface area contributed by atoms with Crippen molar-refractivity contribution in [3.8, 4) is 11.1 Å². The summed E-state index contributed by atoms with van der Waals surface area (Å²) in [6.07, 6.45) is 11.8. The summed E-state index contributed by atoms with van der Waals surface area (Å²) in [6, 6.07) is 28.3. The van der Waals surface area contributed by atoms with E-state index in [1.54, 1.807) is 0 Å². The van der Waals surface area contributed by atoms with Crippen LogP contribution in [-0.4, -0.2) is 0 Å². The summed E-state index contributed by atoms with van der Waals surface area (Å²) in [5.41, 5.74) is 15.9. The van der Waals surface area contributed by atoms with Gasteiger partial charge in [0.05, 0.1) is 0 Å². The molecule has 0 fully saturated rings. The van der Waals surface area contributed by atoms with E-state index >= 15 is 0 Å². The average Bonchev–Trinajstić information content (AvgIpc) is 3.63. The van der Waals surface area contributed by atoms with Gasteiger partial charge in [-0.15, -0.1) is 0 Å². The first-order valence-corrected chi connectivity index (χ1v) is 17.4. The molecule has 0 bridgehead atoms. The van der Waals surface area contributed by atoms with Crippen molar-refractivity contribution in [2.45, 2.75) is 111 Å². The zero-order valence-corrected chi connectivity index (χ0v) is 30.9. The van der Waals surface area contributed by atoms with Gasteiger partial charge in [-0.05, 0) is 124 Å². The van der Waals surface area contributed by atoms with Gasteiger partial charge in [0.1, 0.15) is 0 Å². The maximum absolute atomic E-state index is 3.96. The molecular weight excluding hydrogens is 565 g/mol. The molecule has 0 heteroatoms. The van der Waals surface area contributed by atoms with Crippen molar-refractivity contribution in [2.24, 2.45) is 0 Å². The van der Waals surface area contributed by atoms with Crippen LogP contribution in [0.3, 0.4) is 0 Å². The van der Waals surface area contributed by atoms with Crippen molar-refractivity contribution in [1.82, 2.24) is 0 Å². The molecule has 0 saturated heterocycles. The molecule has 0 spiro atoms. The van der Waals surface area contributed by atoms with E-state index in [0.29, 0.717) is 0 Å². The first-order chi connectivity index (χ1) is 21.8. The molecule has 0 saturated carbocycles. The second-order valence-electron chi connectivity index (χ2n) is 17.8. The van der Waals surface area contributed by atoms with Crippen molar-refractivity contribution in [1.29, 1.82) is 0 Å². The molecular formula is C47H53. The summed E-state index contributed by atoms with van der Waals surface area (Å²) < 4.78 is 0. The molecule has 0 heterocycles. The fraction of sp³-hybridized carbons (Fsp3) is 0.362. The molecule has 0 unspecified atom stereocenters. The minimum Gasteiger partial charge on any atom is -0.0801 e. The number of fused-ring (bicyclic) bond motifs is 3. The third-order valence-electron chi connectivity index (χ3n) is 9.95. The Morgan fingerprint density at radius 3 is 1.51 bits per heavy atom. The van der Waals surface area contributed by atoms with Gasteiger partial charge in [-0.3, -0.25) is 0 Å². The summed E-state index contributed by atoms with van der Waals surface area (Å²) in [5.74, 6) is 0. The number of benzene rings is 4. The molecule has 0 N–H and O–H groups in total. The predicted molar refractivity (Wildman–Crippen MR) is 205 cm³/mol. The zero-order valence-electron chi connectivity index (χ0n) is 30.9. The van der Waals surface area contributed by atoms with Crippen molar-refractivity contribution in [3.05, 3.63) is 146 Å². The lowest BCUT2D eigenvalue weighted by atomic mass is 9.76. The fourth-order valence-corrected chi connectivity index (χ4v) is 7.19. The molecule has 241 valence electrons. The Morgan fingerprint density at radius 2 is 1.06 bits per heavy atom. The summed E-state index contributed by atoms with van der Waals surface area (Å²) in [4.78, 5) is 0. The lowest BCUT2D eigenvalue weighted by Gasteiger charge is -2.28. The molecule has 0 atom stereocenters. The van der Waals surface area contributed by atoms with E-state index in [1.165, 1.54) is 77.2 Å². The van der Waals surface area contributed by atoms with Crippen LogP contribution in [0, 0.1) is 0 Å². The van der Waals surface area contributed by atoms with Gasteiger partial charge in [0, 0.05) is 0 Å². The molecule has 2 aliphatic rings. The van der Waals surface area contributed by atoms with E-state index in [0.717, 1.165) is 6.42 Å². The molecule has 4 aromatic carbocycles. The molecule has 0 aromatic heterocycles. The molecule has 4 aromatic rings. The van der Waals surface area contributed by atoms with E-state index in [1.807, 2.05) is 0 Å². The van der Waals surface area contributed by atoms with Gasteiger partial charge in [0.15, 0.2) is 0 Å². The van der Waals surface area contributed by atoms with Crippen LogP contribution in [0.2, 0.25) is 0 Å². The summed E-state index contributed by atoms with van der Waals surface area (Å²) in [5, 5.41) is 2.57. The zero-order chi connectivity index (χ0) is 34.1.